The van der Waals surface area contributed by atoms with Gasteiger partial charge >= 0.3 is 0 Å². The highest BCUT2D eigenvalue weighted by Crippen LogP contribution is 2.23. The van der Waals surface area contributed by atoms with Gasteiger partial charge in [-0.2, -0.15) is 0 Å². The van der Waals surface area contributed by atoms with Gasteiger partial charge in [0.05, 0.1) is 4.90 Å². The van der Waals surface area contributed by atoms with E-state index in [0.29, 0.717) is 16.7 Å². The summed E-state index contributed by atoms with van der Waals surface area (Å²) in [5.74, 6) is -0.155. The fourth-order valence-electron chi connectivity index (χ4n) is 1.66. The van der Waals surface area contributed by atoms with Gasteiger partial charge in [-0.05, 0) is 34.1 Å². The van der Waals surface area contributed by atoms with Crippen LogP contribution in [0.3, 0.4) is 0 Å². The van der Waals surface area contributed by atoms with E-state index in [0.717, 1.165) is 0 Å². The summed E-state index contributed by atoms with van der Waals surface area (Å²) >= 11 is 3.20. The van der Waals surface area contributed by atoms with E-state index in [2.05, 4.69) is 26.0 Å². The maximum absolute atomic E-state index is 12.0. The molecule has 18 heavy (non-hydrogen) atoms. The molecule has 0 spiro atoms. The van der Waals surface area contributed by atoms with Crippen molar-refractivity contribution in [3.63, 3.8) is 0 Å². The molecule has 0 bridgehead atoms. The zero-order valence-electron chi connectivity index (χ0n) is 9.31. The van der Waals surface area contributed by atoms with Crippen LogP contribution in [0.2, 0.25) is 0 Å². The maximum Gasteiger partial charge on any atom is 0.240 e. The first-order chi connectivity index (χ1) is 8.38. The summed E-state index contributed by atoms with van der Waals surface area (Å²) in [6, 6.07) is 3.98. The molecular weight excluding hydrogens is 322 g/mol. The van der Waals surface area contributed by atoms with Gasteiger partial charge in [0.25, 0.3) is 0 Å². The van der Waals surface area contributed by atoms with Crippen molar-refractivity contribution in [2.24, 2.45) is 0 Å². The molecular formula is C10H12BrN3O3S. The molecule has 6 nitrogen and oxygen atoms in total. The number of nitrogen functional groups attached to an aromatic ring is 1. The molecule has 0 aliphatic carbocycles. The first-order valence-electron chi connectivity index (χ1n) is 5.22. The van der Waals surface area contributed by atoms with Gasteiger partial charge in [0.15, 0.2) is 0 Å². The van der Waals surface area contributed by atoms with Crippen LogP contribution in [0, 0.1) is 0 Å². The van der Waals surface area contributed by atoms with Gasteiger partial charge in [-0.1, -0.05) is 0 Å². The Balaban J connectivity index is 2.20. The van der Waals surface area contributed by atoms with E-state index in [1.807, 2.05) is 0 Å². The minimum atomic E-state index is -3.65. The summed E-state index contributed by atoms with van der Waals surface area (Å²) in [7, 11) is -3.65. The molecule has 1 heterocycles. The van der Waals surface area contributed by atoms with E-state index < -0.39 is 16.1 Å². The van der Waals surface area contributed by atoms with E-state index in [-0.39, 0.29) is 17.2 Å². The van der Waals surface area contributed by atoms with Gasteiger partial charge in [-0.15, -0.1) is 0 Å². The van der Waals surface area contributed by atoms with E-state index in [1.54, 1.807) is 6.07 Å². The quantitative estimate of drug-likeness (QED) is 0.687. The van der Waals surface area contributed by atoms with Crippen molar-refractivity contribution in [3.05, 3.63) is 22.7 Å². The third-order valence-corrected chi connectivity index (χ3v) is 4.82. The van der Waals surface area contributed by atoms with E-state index >= 15 is 0 Å². The van der Waals surface area contributed by atoms with Crippen molar-refractivity contribution >= 4 is 37.5 Å². The van der Waals surface area contributed by atoms with Crippen molar-refractivity contribution < 1.29 is 13.2 Å². The van der Waals surface area contributed by atoms with Crippen LogP contribution >= 0.6 is 15.9 Å². The summed E-state index contributed by atoms with van der Waals surface area (Å²) in [4.78, 5) is 11.1. The molecule has 0 saturated carbocycles. The summed E-state index contributed by atoms with van der Waals surface area (Å²) in [6.45, 7) is 0.310. The second-order valence-corrected chi connectivity index (χ2v) is 6.58. The van der Waals surface area contributed by atoms with Crippen molar-refractivity contribution in [1.82, 2.24) is 10.0 Å². The minimum Gasteiger partial charge on any atom is -0.398 e. The Bertz CT molecular complexity index is 588. The normalized spacial score (nSPS) is 19.8. The van der Waals surface area contributed by atoms with Gasteiger partial charge < -0.3 is 11.1 Å². The zero-order valence-corrected chi connectivity index (χ0v) is 11.7. The monoisotopic (exact) mass is 333 g/mol. The Morgan fingerprint density at radius 3 is 2.72 bits per heavy atom. The van der Waals surface area contributed by atoms with Gasteiger partial charge in [0.1, 0.15) is 0 Å². The lowest BCUT2D eigenvalue weighted by Gasteiger charge is -2.11. The maximum atomic E-state index is 12.0. The van der Waals surface area contributed by atoms with Gasteiger partial charge in [-0.3, -0.25) is 4.79 Å². The molecule has 1 amide bonds. The summed E-state index contributed by atoms with van der Waals surface area (Å²) in [5, 5.41) is 2.57. The molecule has 1 aliphatic rings. The number of nitrogens with one attached hydrogen (secondary N) is 2. The van der Waals surface area contributed by atoms with Crippen LogP contribution in [0.1, 0.15) is 6.42 Å². The molecule has 8 heteroatoms. The number of halogens is 1. The second-order valence-electron chi connectivity index (χ2n) is 4.01. The van der Waals surface area contributed by atoms with Crippen molar-refractivity contribution in [1.29, 1.82) is 0 Å². The lowest BCUT2D eigenvalue weighted by atomic mass is 10.3. The van der Waals surface area contributed by atoms with Crippen molar-refractivity contribution in [2.45, 2.75) is 17.4 Å². The highest BCUT2D eigenvalue weighted by atomic mass is 79.9. The lowest BCUT2D eigenvalue weighted by Crippen LogP contribution is -2.36. The Morgan fingerprint density at radius 1 is 1.44 bits per heavy atom. The number of sulfonamides is 1. The number of nitrogens with two attached hydrogens (primary N) is 1. The number of rotatable bonds is 3. The molecule has 2 rings (SSSR count). The topological polar surface area (TPSA) is 101 Å². The van der Waals surface area contributed by atoms with E-state index in [4.69, 9.17) is 5.73 Å². The van der Waals surface area contributed by atoms with Crippen LogP contribution < -0.4 is 15.8 Å². The minimum absolute atomic E-state index is 0.0857. The lowest BCUT2D eigenvalue weighted by molar-refractivity contribution is -0.119. The smallest absolute Gasteiger partial charge is 0.240 e. The molecule has 1 atom stereocenters. The molecule has 0 aromatic heterocycles. The van der Waals surface area contributed by atoms with Crippen LogP contribution in [-0.2, 0) is 14.8 Å². The number of hydrogen-bond donors (Lipinski definition) is 3. The SMILES string of the molecule is Nc1cc(S(=O)(=O)NC2CNC(=O)C2)ccc1Br. The molecule has 1 unspecified atom stereocenters. The fourth-order valence-corrected chi connectivity index (χ4v) is 3.18. The van der Waals surface area contributed by atoms with Crippen LogP contribution in [-0.4, -0.2) is 26.9 Å². The van der Waals surface area contributed by atoms with Gasteiger partial charge in [0, 0.05) is 29.2 Å². The average Bonchev–Trinajstić information content (AvgIpc) is 2.67. The van der Waals surface area contributed by atoms with Crippen LogP contribution in [0.25, 0.3) is 0 Å². The van der Waals surface area contributed by atoms with Crippen LogP contribution in [0.4, 0.5) is 5.69 Å². The second kappa shape index (κ2) is 4.87. The summed E-state index contributed by atoms with van der Waals surface area (Å²) < 4.78 is 27.2. The number of amides is 1. The zero-order chi connectivity index (χ0) is 13.3. The Morgan fingerprint density at radius 2 is 2.17 bits per heavy atom. The molecule has 1 aromatic rings. The number of benzene rings is 1. The fraction of sp³-hybridized carbons (Fsp3) is 0.300. The molecule has 4 N–H and O–H groups in total. The largest absolute Gasteiger partial charge is 0.398 e. The molecule has 1 aromatic carbocycles. The summed E-state index contributed by atoms with van der Waals surface area (Å²) in [5.41, 5.74) is 5.99. The molecule has 1 fully saturated rings. The molecule has 0 radical (unpaired) electrons. The molecule has 1 aliphatic heterocycles. The number of carbonyl (C=O) groups excluding carboxylic acids is 1. The van der Waals surface area contributed by atoms with Crippen molar-refractivity contribution in [3.8, 4) is 0 Å². The predicted octanol–water partition coefficient (Wildman–Crippen LogP) is 0.198. The van der Waals surface area contributed by atoms with Gasteiger partial charge in [0.2, 0.25) is 15.9 Å². The van der Waals surface area contributed by atoms with Crippen LogP contribution in [0.15, 0.2) is 27.6 Å². The molecule has 1 saturated heterocycles. The average molecular weight is 334 g/mol. The standard InChI is InChI=1S/C10H12BrN3O3S/c11-8-2-1-7(4-9(8)12)18(16,17)14-6-3-10(15)13-5-6/h1-2,4,6,14H,3,5,12H2,(H,13,15). The Labute approximate surface area is 113 Å². The Hall–Kier alpha value is -1.12. The molecule has 98 valence electrons. The first kappa shape index (κ1) is 13.3. The third-order valence-electron chi connectivity index (χ3n) is 2.58. The number of carbonyl (C=O) groups is 1. The number of hydrogen-bond acceptors (Lipinski definition) is 4. The van der Waals surface area contributed by atoms with E-state index in [1.165, 1.54) is 12.1 Å². The van der Waals surface area contributed by atoms with E-state index in [9.17, 15) is 13.2 Å². The Kier molecular flexibility index (Phi) is 3.60. The van der Waals surface area contributed by atoms with Crippen LogP contribution in [0.5, 0.6) is 0 Å². The van der Waals surface area contributed by atoms with Crippen molar-refractivity contribution in [2.75, 3.05) is 12.3 Å². The number of anilines is 1. The third kappa shape index (κ3) is 2.82. The highest BCUT2D eigenvalue weighted by molar-refractivity contribution is 9.10. The van der Waals surface area contributed by atoms with Gasteiger partial charge in [-0.25, -0.2) is 13.1 Å². The summed E-state index contributed by atoms with van der Waals surface area (Å²) in [6.07, 6.45) is 0.158. The highest BCUT2D eigenvalue weighted by Gasteiger charge is 2.26. The predicted molar refractivity (Wildman–Crippen MR) is 70.3 cm³/mol. The first-order valence-corrected chi connectivity index (χ1v) is 7.50.